The smallest absolute Gasteiger partial charge is 0.799 e. The first kappa shape index (κ1) is 65.7. The van der Waals surface area contributed by atoms with Crippen LogP contribution < -0.4 is 14.7 Å². The quantitative estimate of drug-likeness (QED) is 0.0456. The molecule has 0 saturated carbocycles. The number of hydrogen-bond acceptors (Lipinski definition) is 6. The maximum absolute atomic E-state index is 12.4. The van der Waals surface area contributed by atoms with Crippen LogP contribution in [-0.4, -0.2) is 34.0 Å². The maximum Gasteiger partial charge on any atom is 3.00 e. The standard InChI is InChI=1S/3C16H35O2P.Co/c3*1-5-7-9-11-13-15(3)19(17,18)16(4)14-12-10-8-6-2;/h3*15-16H,5-14H2,1-4H3,(H,17,18);/q;;;+3/p-3. The van der Waals surface area contributed by atoms with E-state index < -0.39 is 22.1 Å². The molecule has 0 fully saturated rings. The Balaban J connectivity index is -0.000000374. The number of rotatable bonds is 36. The molecule has 0 aromatic heterocycles. The van der Waals surface area contributed by atoms with E-state index in [-0.39, 0.29) is 50.7 Å². The minimum Gasteiger partial charge on any atom is -0.799 e. The summed E-state index contributed by atoms with van der Waals surface area (Å²) in [6.07, 6.45) is 33.1. The normalized spacial score (nSPS) is 17.6. The second-order valence-corrected chi connectivity index (χ2v) is 27.3. The zero-order valence-corrected chi connectivity index (χ0v) is 44.5. The number of unbranched alkanes of at least 4 members (excludes halogenated alkanes) is 18. The van der Waals surface area contributed by atoms with Crippen molar-refractivity contribution in [3.63, 3.8) is 0 Å². The Morgan fingerprint density at radius 2 is 0.397 bits per heavy atom. The van der Waals surface area contributed by atoms with E-state index >= 15 is 0 Å². The first-order chi connectivity index (χ1) is 26.9. The molecule has 0 spiro atoms. The van der Waals surface area contributed by atoms with E-state index in [9.17, 15) is 28.4 Å². The van der Waals surface area contributed by atoms with Gasteiger partial charge in [-0.05, 0) is 72.5 Å². The summed E-state index contributed by atoms with van der Waals surface area (Å²) in [6, 6.07) is 0. The molecule has 0 bridgehead atoms. The van der Waals surface area contributed by atoms with Gasteiger partial charge >= 0.3 is 16.8 Å². The first-order valence-electron chi connectivity index (χ1n) is 24.8. The van der Waals surface area contributed by atoms with Gasteiger partial charge in [-0.3, -0.25) is 0 Å². The van der Waals surface area contributed by atoms with Gasteiger partial charge < -0.3 is 28.4 Å². The van der Waals surface area contributed by atoms with Gasteiger partial charge in [0.25, 0.3) is 0 Å². The summed E-state index contributed by atoms with van der Waals surface area (Å²) in [6.45, 7) is 24.5. The van der Waals surface area contributed by atoms with Gasteiger partial charge in [0.15, 0.2) is 0 Å². The van der Waals surface area contributed by atoms with E-state index in [4.69, 9.17) is 0 Å². The topological polar surface area (TPSA) is 120 Å². The molecule has 0 amide bonds. The molecule has 0 aliphatic carbocycles. The maximum atomic E-state index is 12.4. The van der Waals surface area contributed by atoms with Crippen molar-refractivity contribution in [2.24, 2.45) is 0 Å². The molecule has 0 heterocycles. The van der Waals surface area contributed by atoms with Crippen LogP contribution in [0.3, 0.4) is 0 Å². The van der Waals surface area contributed by atoms with Crippen LogP contribution in [0.25, 0.3) is 0 Å². The molecule has 0 radical (unpaired) electrons. The molecule has 0 aromatic carbocycles. The molecule has 6 atom stereocenters. The molecular formula is C48H102CoO6P3. The van der Waals surface area contributed by atoms with E-state index in [0.717, 1.165) is 77.0 Å². The molecule has 10 heteroatoms. The zero-order chi connectivity index (χ0) is 44.2. The molecule has 0 aliphatic rings. The van der Waals surface area contributed by atoms with Crippen LogP contribution in [0.15, 0.2) is 0 Å². The average molecular weight is 927 g/mol. The van der Waals surface area contributed by atoms with Gasteiger partial charge in [0.1, 0.15) is 0 Å². The fraction of sp³-hybridized carbons (Fsp3) is 1.00. The summed E-state index contributed by atoms with van der Waals surface area (Å²) >= 11 is 0. The van der Waals surface area contributed by atoms with E-state index in [2.05, 4.69) is 41.5 Å². The minimum absolute atomic E-state index is 0. The van der Waals surface area contributed by atoms with Gasteiger partial charge in [-0.2, -0.15) is 0 Å². The molecule has 0 N–H and O–H groups in total. The van der Waals surface area contributed by atoms with Crippen molar-refractivity contribution in [1.82, 2.24) is 0 Å². The molecule has 0 saturated heterocycles. The van der Waals surface area contributed by atoms with Crippen molar-refractivity contribution in [3.05, 3.63) is 0 Å². The zero-order valence-electron chi connectivity index (χ0n) is 40.8. The first-order valence-corrected chi connectivity index (χ1v) is 30.1. The Kier molecular flexibility index (Phi) is 47.6. The van der Waals surface area contributed by atoms with Gasteiger partial charge in [-0.25, -0.2) is 0 Å². The number of hydrogen-bond donors (Lipinski definition) is 0. The Morgan fingerprint density at radius 1 is 0.276 bits per heavy atom. The van der Waals surface area contributed by atoms with Crippen molar-refractivity contribution >= 4 is 22.1 Å². The summed E-state index contributed by atoms with van der Waals surface area (Å²) in [5.41, 5.74) is -0.803. The van der Waals surface area contributed by atoms with Crippen LogP contribution in [0.2, 0.25) is 0 Å². The van der Waals surface area contributed by atoms with Gasteiger partial charge in [-0.1, -0.05) is 237 Å². The largest absolute Gasteiger partial charge is 3.00 e. The van der Waals surface area contributed by atoms with Crippen LogP contribution in [0.4, 0.5) is 0 Å². The van der Waals surface area contributed by atoms with Crippen molar-refractivity contribution in [1.29, 1.82) is 0 Å². The van der Waals surface area contributed by atoms with Crippen LogP contribution >= 0.6 is 22.1 Å². The molecule has 0 aromatic rings. The molecule has 6 unspecified atom stereocenters. The van der Waals surface area contributed by atoms with E-state index in [1.165, 1.54) is 116 Å². The third kappa shape index (κ3) is 33.6. The summed E-state index contributed by atoms with van der Waals surface area (Å²) in [7, 11) is -9.67. The fourth-order valence-corrected chi connectivity index (χ4v) is 13.4. The molecule has 0 rings (SSSR count). The molecule has 58 heavy (non-hydrogen) atoms. The van der Waals surface area contributed by atoms with E-state index in [1.54, 1.807) is 0 Å². The second kappa shape index (κ2) is 42.1. The van der Waals surface area contributed by atoms with Crippen molar-refractivity contribution in [2.75, 3.05) is 0 Å². The van der Waals surface area contributed by atoms with Crippen molar-refractivity contribution < 1.29 is 45.2 Å². The van der Waals surface area contributed by atoms with E-state index in [0.29, 0.717) is 0 Å². The third-order valence-corrected chi connectivity index (χ3v) is 21.5. The predicted molar refractivity (Wildman–Crippen MR) is 252 cm³/mol. The van der Waals surface area contributed by atoms with Crippen molar-refractivity contribution in [3.8, 4) is 0 Å². The SMILES string of the molecule is CCCCCCC(C)P(=O)([O-])C(C)CCCCCC.CCCCCCC(C)P(=O)([O-])C(C)CCCCCC.CCCCCCC(C)P(=O)([O-])C(C)CCCCCC.[Co+3]. The Bertz CT molecular complexity index is 824. The summed E-state index contributed by atoms with van der Waals surface area (Å²) in [4.78, 5) is 37.2. The molecule has 6 nitrogen and oxygen atoms in total. The average Bonchev–Trinajstić information content (AvgIpc) is 3.18. The summed E-state index contributed by atoms with van der Waals surface area (Å²) in [5, 5.41) is 0. The Labute approximate surface area is 375 Å². The molecular weight excluding hydrogens is 824 g/mol. The second-order valence-electron chi connectivity index (χ2n) is 18.1. The van der Waals surface area contributed by atoms with Crippen LogP contribution in [0.5, 0.6) is 0 Å². The predicted octanol–water partition coefficient (Wildman–Crippen LogP) is 16.0. The van der Waals surface area contributed by atoms with Crippen molar-refractivity contribution in [2.45, 2.75) is 310 Å². The summed E-state index contributed by atoms with van der Waals surface area (Å²) in [5.74, 6) is 0. The van der Waals surface area contributed by atoms with E-state index in [1.807, 2.05) is 41.5 Å². The third-order valence-electron chi connectivity index (χ3n) is 12.5. The van der Waals surface area contributed by atoms with Crippen LogP contribution in [0, 0.1) is 0 Å². The monoisotopic (exact) mass is 927 g/mol. The Morgan fingerprint density at radius 3 is 0.500 bits per heavy atom. The molecule has 0 aliphatic heterocycles. The van der Waals surface area contributed by atoms with Gasteiger partial charge in [0.05, 0.1) is 0 Å². The van der Waals surface area contributed by atoms with Crippen LogP contribution in [-0.2, 0) is 30.5 Å². The van der Waals surface area contributed by atoms with Gasteiger partial charge in [0, 0.05) is 22.1 Å². The summed E-state index contributed by atoms with van der Waals surface area (Å²) < 4.78 is 37.2. The Hall–Kier alpha value is 1.08. The fourth-order valence-electron chi connectivity index (χ4n) is 7.58. The van der Waals surface area contributed by atoms with Gasteiger partial charge in [-0.15, -0.1) is 0 Å². The molecule has 354 valence electrons. The van der Waals surface area contributed by atoms with Crippen LogP contribution in [0.1, 0.15) is 276 Å². The van der Waals surface area contributed by atoms with Gasteiger partial charge in [0.2, 0.25) is 0 Å². The minimum atomic E-state index is -3.22.